The van der Waals surface area contributed by atoms with Gasteiger partial charge in [0.15, 0.2) is 0 Å². The van der Waals surface area contributed by atoms with Gasteiger partial charge in [-0.25, -0.2) is 13.1 Å². The van der Waals surface area contributed by atoms with Crippen molar-refractivity contribution in [2.45, 2.75) is 24.9 Å². The number of rotatable bonds is 4. The number of hydrogen-bond donors (Lipinski definition) is 2. The lowest BCUT2D eigenvalue weighted by molar-refractivity contribution is -0.136. The Labute approximate surface area is 130 Å². The first-order valence-corrected chi connectivity index (χ1v) is 8.23. The standard InChI is InChI=1S/C14H15F3N2O3S/c1-8(2)7-18-23(21,22)9-3-4-12-10(5-9)11(14(15,16)17)6-13(20)19-12/h3-6,8,18H,7H2,1-2H3,(H,19,20). The molecule has 0 aliphatic carbocycles. The Bertz CT molecular complexity index is 886. The molecule has 0 radical (unpaired) electrons. The molecule has 0 aliphatic heterocycles. The molecule has 1 heterocycles. The SMILES string of the molecule is CC(C)CNS(=O)(=O)c1ccc2[nH]c(=O)cc(C(F)(F)F)c2c1. The Balaban J connectivity index is 2.62. The number of aromatic nitrogens is 1. The van der Waals surface area contributed by atoms with Crippen molar-refractivity contribution in [3.05, 3.63) is 40.2 Å². The quantitative estimate of drug-likeness (QED) is 0.891. The molecule has 0 atom stereocenters. The van der Waals surface area contributed by atoms with Gasteiger partial charge in [0, 0.05) is 23.5 Å². The van der Waals surface area contributed by atoms with Gasteiger partial charge in [0.05, 0.1) is 10.5 Å². The first-order chi connectivity index (χ1) is 10.5. The van der Waals surface area contributed by atoms with Crippen molar-refractivity contribution in [3.63, 3.8) is 0 Å². The van der Waals surface area contributed by atoms with Crippen molar-refractivity contribution >= 4 is 20.9 Å². The maximum Gasteiger partial charge on any atom is 0.417 e. The number of H-pyrrole nitrogens is 1. The molecule has 0 unspecified atom stereocenters. The Morgan fingerprint density at radius 2 is 1.87 bits per heavy atom. The summed E-state index contributed by atoms with van der Waals surface area (Å²) in [5.41, 5.74) is -2.15. The molecule has 0 bridgehead atoms. The zero-order chi connectivity index (χ0) is 17.4. The molecule has 23 heavy (non-hydrogen) atoms. The molecule has 2 rings (SSSR count). The Morgan fingerprint density at radius 1 is 1.22 bits per heavy atom. The lowest BCUT2D eigenvalue weighted by Gasteiger charge is -2.12. The maximum absolute atomic E-state index is 13.1. The zero-order valence-corrected chi connectivity index (χ0v) is 13.2. The van der Waals surface area contributed by atoms with Crippen LogP contribution >= 0.6 is 0 Å². The molecule has 0 aliphatic rings. The van der Waals surface area contributed by atoms with Crippen LogP contribution in [0.4, 0.5) is 13.2 Å². The van der Waals surface area contributed by atoms with Gasteiger partial charge in [0.25, 0.3) is 0 Å². The van der Waals surface area contributed by atoms with Gasteiger partial charge in [0.1, 0.15) is 0 Å². The van der Waals surface area contributed by atoms with E-state index in [1.165, 1.54) is 0 Å². The van der Waals surface area contributed by atoms with Gasteiger partial charge in [-0.15, -0.1) is 0 Å². The van der Waals surface area contributed by atoms with Crippen molar-refractivity contribution < 1.29 is 21.6 Å². The summed E-state index contributed by atoms with van der Waals surface area (Å²) >= 11 is 0. The van der Waals surface area contributed by atoms with Crippen LogP contribution in [0.1, 0.15) is 19.4 Å². The highest BCUT2D eigenvalue weighted by Gasteiger charge is 2.33. The van der Waals surface area contributed by atoms with Crippen molar-refractivity contribution in [1.29, 1.82) is 0 Å². The van der Waals surface area contributed by atoms with E-state index >= 15 is 0 Å². The Morgan fingerprint density at radius 3 is 2.43 bits per heavy atom. The van der Waals surface area contributed by atoms with Crippen LogP contribution in [0.15, 0.2) is 34.0 Å². The summed E-state index contributed by atoms with van der Waals surface area (Å²) in [7, 11) is -3.93. The van der Waals surface area contributed by atoms with Crippen molar-refractivity contribution in [1.82, 2.24) is 9.71 Å². The number of aromatic amines is 1. The zero-order valence-electron chi connectivity index (χ0n) is 12.4. The summed E-state index contributed by atoms with van der Waals surface area (Å²) in [5.74, 6) is 0.0484. The van der Waals surface area contributed by atoms with Crippen LogP contribution in [0.5, 0.6) is 0 Å². The number of benzene rings is 1. The Kier molecular flexibility index (Phi) is 4.54. The summed E-state index contributed by atoms with van der Waals surface area (Å²) in [6.45, 7) is 3.77. The first-order valence-electron chi connectivity index (χ1n) is 6.74. The van der Waals surface area contributed by atoms with Crippen LogP contribution in [-0.4, -0.2) is 19.9 Å². The van der Waals surface area contributed by atoms with Crippen LogP contribution in [0.25, 0.3) is 10.9 Å². The number of halogens is 3. The molecule has 0 saturated heterocycles. The summed E-state index contributed by atoms with van der Waals surface area (Å²) in [4.78, 5) is 13.3. The number of sulfonamides is 1. The fraction of sp³-hybridized carbons (Fsp3) is 0.357. The highest BCUT2D eigenvalue weighted by molar-refractivity contribution is 7.89. The van der Waals surface area contributed by atoms with Gasteiger partial charge < -0.3 is 4.98 Å². The fourth-order valence-electron chi connectivity index (χ4n) is 1.99. The number of hydrogen-bond acceptors (Lipinski definition) is 3. The fourth-order valence-corrected chi connectivity index (χ4v) is 3.23. The number of alkyl halides is 3. The third-order valence-corrected chi connectivity index (χ3v) is 4.53. The van der Waals surface area contributed by atoms with Crippen molar-refractivity contribution in [2.24, 2.45) is 5.92 Å². The monoisotopic (exact) mass is 348 g/mol. The predicted octanol–water partition coefficient (Wildman–Crippen LogP) is 2.48. The second-order valence-electron chi connectivity index (χ2n) is 5.50. The summed E-state index contributed by atoms with van der Waals surface area (Å²) in [6.07, 6.45) is -4.76. The minimum atomic E-state index is -4.76. The molecule has 0 amide bonds. The normalized spacial score (nSPS) is 13.0. The van der Waals surface area contributed by atoms with Crippen LogP contribution in [0.2, 0.25) is 0 Å². The molecule has 2 aromatic rings. The van der Waals surface area contributed by atoms with Gasteiger partial charge in [-0.05, 0) is 24.1 Å². The summed E-state index contributed by atoms with van der Waals surface area (Å²) < 4.78 is 65.8. The lowest BCUT2D eigenvalue weighted by atomic mass is 10.1. The van der Waals surface area contributed by atoms with E-state index in [-0.39, 0.29) is 28.3 Å². The van der Waals surface area contributed by atoms with E-state index < -0.39 is 27.3 Å². The number of pyridine rings is 1. The molecular formula is C14H15F3N2O3S. The van der Waals surface area contributed by atoms with Gasteiger partial charge >= 0.3 is 6.18 Å². The van der Waals surface area contributed by atoms with Gasteiger partial charge in [-0.2, -0.15) is 13.2 Å². The lowest BCUT2D eigenvalue weighted by Crippen LogP contribution is -2.27. The molecule has 1 aromatic carbocycles. The molecule has 5 nitrogen and oxygen atoms in total. The average molecular weight is 348 g/mol. The van der Waals surface area contributed by atoms with Crippen molar-refractivity contribution in [3.8, 4) is 0 Å². The largest absolute Gasteiger partial charge is 0.417 e. The second kappa shape index (κ2) is 5.97. The van der Waals surface area contributed by atoms with Crippen LogP contribution in [0.3, 0.4) is 0 Å². The number of nitrogens with one attached hydrogen (secondary N) is 2. The molecule has 0 fully saturated rings. The molecule has 0 saturated carbocycles. The van der Waals surface area contributed by atoms with Crippen LogP contribution in [-0.2, 0) is 16.2 Å². The highest BCUT2D eigenvalue weighted by atomic mass is 32.2. The average Bonchev–Trinajstić information content (AvgIpc) is 2.42. The molecular weight excluding hydrogens is 333 g/mol. The van der Waals surface area contributed by atoms with Crippen molar-refractivity contribution in [2.75, 3.05) is 6.54 Å². The van der Waals surface area contributed by atoms with E-state index in [4.69, 9.17) is 0 Å². The van der Waals surface area contributed by atoms with E-state index in [1.807, 2.05) is 0 Å². The molecule has 9 heteroatoms. The Hall–Kier alpha value is -1.87. The third kappa shape index (κ3) is 3.91. The maximum atomic E-state index is 13.1. The third-order valence-electron chi connectivity index (χ3n) is 3.11. The molecule has 0 spiro atoms. The predicted molar refractivity (Wildman–Crippen MR) is 79.6 cm³/mol. The second-order valence-corrected chi connectivity index (χ2v) is 7.27. The van der Waals surface area contributed by atoms with E-state index in [1.54, 1.807) is 13.8 Å². The van der Waals surface area contributed by atoms with E-state index in [0.29, 0.717) is 6.07 Å². The topological polar surface area (TPSA) is 79.0 Å². The van der Waals surface area contributed by atoms with E-state index in [0.717, 1.165) is 18.2 Å². The van der Waals surface area contributed by atoms with Crippen LogP contribution < -0.4 is 10.3 Å². The minimum absolute atomic E-state index is 0.0484. The molecule has 1 aromatic heterocycles. The van der Waals surface area contributed by atoms with Gasteiger partial charge in [-0.1, -0.05) is 13.8 Å². The van der Waals surface area contributed by atoms with Gasteiger partial charge in [-0.3, -0.25) is 4.79 Å². The first kappa shape index (κ1) is 17.5. The van der Waals surface area contributed by atoms with E-state index in [2.05, 4.69) is 9.71 Å². The van der Waals surface area contributed by atoms with Crippen LogP contribution in [0, 0.1) is 5.92 Å². The van der Waals surface area contributed by atoms with E-state index in [9.17, 15) is 26.4 Å². The summed E-state index contributed by atoms with van der Waals surface area (Å²) in [6, 6.07) is 3.63. The minimum Gasteiger partial charge on any atom is -0.322 e. The smallest absolute Gasteiger partial charge is 0.322 e. The molecule has 126 valence electrons. The van der Waals surface area contributed by atoms with Gasteiger partial charge in [0.2, 0.25) is 15.6 Å². The molecule has 2 N–H and O–H groups in total. The highest BCUT2D eigenvalue weighted by Crippen LogP contribution is 2.34. The summed E-state index contributed by atoms with van der Waals surface area (Å²) in [5, 5.41) is -0.371. The number of fused-ring (bicyclic) bond motifs is 1.